The van der Waals surface area contributed by atoms with Crippen molar-refractivity contribution in [1.29, 1.82) is 0 Å². The number of hydrogen-bond acceptors (Lipinski definition) is 5. The maximum absolute atomic E-state index is 5.33. The van der Waals surface area contributed by atoms with Crippen LogP contribution in [-0.2, 0) is 0 Å². The van der Waals surface area contributed by atoms with Gasteiger partial charge in [-0.3, -0.25) is 0 Å². The maximum atomic E-state index is 5.33. The minimum absolute atomic E-state index is 0.670. The molecule has 0 unspecified atom stereocenters. The van der Waals surface area contributed by atoms with E-state index in [9.17, 15) is 0 Å². The molecule has 0 saturated carbocycles. The van der Waals surface area contributed by atoms with E-state index in [1.54, 1.807) is 0 Å². The highest BCUT2D eigenvalue weighted by atomic mass is 32.1. The molecule has 0 radical (unpaired) electrons. The van der Waals surface area contributed by atoms with Gasteiger partial charge in [0.1, 0.15) is 0 Å². The topological polar surface area (TPSA) is 38.7 Å². The third-order valence-electron chi connectivity index (χ3n) is 8.90. The molecule has 46 heavy (non-hydrogen) atoms. The van der Waals surface area contributed by atoms with Gasteiger partial charge in [-0.05, 0) is 40.4 Å². The average molecular weight is 622 g/mol. The van der Waals surface area contributed by atoms with Crippen LogP contribution in [0.4, 0.5) is 0 Å². The Morgan fingerprint density at radius 2 is 0.978 bits per heavy atom. The fraction of sp³-hybridized carbons (Fsp3) is 0. The Labute approximate surface area is 272 Å². The van der Waals surface area contributed by atoms with Crippen LogP contribution in [0.2, 0.25) is 0 Å². The second-order valence-corrected chi connectivity index (χ2v) is 13.7. The Bertz CT molecular complexity index is 2810. The Balaban J connectivity index is 1.34. The standard InChI is InChI=1S/C41H23N3S2/c1-2-12-25(13-3-1)39-42-40(30-17-10-20-34-36(30)28-15-6-8-18-32(28)45-34)44-41(43-39)31-23-26-22-21-24-11-4-5-14-27(24)35(26)38-37(31)29-16-7-9-19-33(29)46-38/h1-23H. The van der Waals surface area contributed by atoms with E-state index in [1.807, 2.05) is 40.9 Å². The van der Waals surface area contributed by atoms with Crippen LogP contribution in [0, 0.1) is 0 Å². The lowest BCUT2D eigenvalue weighted by molar-refractivity contribution is 1.08. The first-order chi connectivity index (χ1) is 22.8. The molecule has 0 N–H and O–H groups in total. The summed E-state index contributed by atoms with van der Waals surface area (Å²) in [5.41, 5.74) is 3.01. The van der Waals surface area contributed by atoms with E-state index in [4.69, 9.17) is 15.0 Å². The molecule has 10 rings (SSSR count). The molecule has 214 valence electrons. The molecule has 0 spiro atoms. The molecule has 0 fully saturated rings. The molecule has 0 bridgehead atoms. The molecule has 3 nitrogen and oxygen atoms in total. The number of benzene rings is 7. The van der Waals surface area contributed by atoms with Crippen LogP contribution < -0.4 is 0 Å². The van der Waals surface area contributed by atoms with E-state index in [0.717, 1.165) is 16.7 Å². The van der Waals surface area contributed by atoms with E-state index in [2.05, 4.69) is 121 Å². The van der Waals surface area contributed by atoms with Crippen LogP contribution in [0.1, 0.15) is 0 Å². The Kier molecular flexibility index (Phi) is 5.61. The fourth-order valence-electron chi connectivity index (χ4n) is 6.85. The summed E-state index contributed by atoms with van der Waals surface area (Å²) in [7, 11) is 0. The molecule has 0 atom stereocenters. The molecule has 10 aromatic rings. The lowest BCUT2D eigenvalue weighted by Crippen LogP contribution is -2.01. The monoisotopic (exact) mass is 621 g/mol. The van der Waals surface area contributed by atoms with Crippen molar-refractivity contribution < 1.29 is 0 Å². The molecule has 0 saturated heterocycles. The predicted molar refractivity (Wildman–Crippen MR) is 197 cm³/mol. The largest absolute Gasteiger partial charge is 0.208 e. The number of hydrogen-bond donors (Lipinski definition) is 0. The van der Waals surface area contributed by atoms with Crippen LogP contribution in [0.3, 0.4) is 0 Å². The number of fused-ring (bicyclic) bond motifs is 10. The van der Waals surface area contributed by atoms with Gasteiger partial charge in [0.2, 0.25) is 0 Å². The summed E-state index contributed by atoms with van der Waals surface area (Å²) in [6.07, 6.45) is 0. The van der Waals surface area contributed by atoms with E-state index in [1.165, 1.54) is 61.9 Å². The van der Waals surface area contributed by atoms with Crippen molar-refractivity contribution in [1.82, 2.24) is 15.0 Å². The van der Waals surface area contributed by atoms with E-state index in [0.29, 0.717) is 17.5 Å². The van der Waals surface area contributed by atoms with Gasteiger partial charge in [0.15, 0.2) is 17.5 Å². The number of rotatable bonds is 3. The van der Waals surface area contributed by atoms with Crippen LogP contribution in [0.25, 0.3) is 96.1 Å². The van der Waals surface area contributed by atoms with Crippen molar-refractivity contribution in [3.05, 3.63) is 140 Å². The quantitative estimate of drug-likeness (QED) is 0.184. The predicted octanol–water partition coefficient (Wildman–Crippen LogP) is 11.9. The van der Waals surface area contributed by atoms with Crippen LogP contribution >= 0.6 is 22.7 Å². The molecule has 0 aliphatic rings. The van der Waals surface area contributed by atoms with Gasteiger partial charge in [0.05, 0.1) is 0 Å². The average Bonchev–Trinajstić information content (AvgIpc) is 3.70. The second-order valence-electron chi connectivity index (χ2n) is 11.6. The second kappa shape index (κ2) is 10.0. The summed E-state index contributed by atoms with van der Waals surface area (Å²) in [5, 5.41) is 9.81. The van der Waals surface area contributed by atoms with Crippen LogP contribution in [0.5, 0.6) is 0 Å². The molecule has 3 heterocycles. The third kappa shape index (κ3) is 3.86. The third-order valence-corrected chi connectivity index (χ3v) is 11.2. The first kappa shape index (κ1) is 25.8. The van der Waals surface area contributed by atoms with Crippen LogP contribution in [0.15, 0.2) is 140 Å². The summed E-state index contributed by atoms with van der Waals surface area (Å²) in [4.78, 5) is 15.7. The summed E-state index contributed by atoms with van der Waals surface area (Å²) >= 11 is 3.66. The summed E-state index contributed by atoms with van der Waals surface area (Å²) in [6.45, 7) is 0. The van der Waals surface area contributed by atoms with Gasteiger partial charge in [-0.2, -0.15) is 0 Å². The van der Waals surface area contributed by atoms with Gasteiger partial charge < -0.3 is 0 Å². The van der Waals surface area contributed by atoms with Gasteiger partial charge in [-0.1, -0.05) is 115 Å². The minimum atomic E-state index is 0.670. The lowest BCUT2D eigenvalue weighted by Gasteiger charge is -2.13. The SMILES string of the molecule is c1ccc(-c2nc(-c3cccc4sc5ccccc5c34)nc(-c3cc4ccc5ccccc5c4c4sc5ccccc5c34)n2)cc1. The van der Waals surface area contributed by atoms with Crippen LogP contribution in [-0.4, -0.2) is 15.0 Å². The molecule has 5 heteroatoms. The Morgan fingerprint density at radius 1 is 0.370 bits per heavy atom. The number of thiophene rings is 2. The first-order valence-corrected chi connectivity index (χ1v) is 16.9. The lowest BCUT2D eigenvalue weighted by atomic mass is 9.96. The zero-order valence-electron chi connectivity index (χ0n) is 24.4. The Hall–Kier alpha value is -5.49. The minimum Gasteiger partial charge on any atom is -0.208 e. The summed E-state index contributed by atoms with van der Waals surface area (Å²) in [6, 6.07) is 49.4. The molecule has 7 aromatic carbocycles. The van der Waals surface area contributed by atoms with Gasteiger partial charge in [-0.15, -0.1) is 22.7 Å². The Morgan fingerprint density at radius 3 is 1.80 bits per heavy atom. The van der Waals surface area contributed by atoms with Crippen molar-refractivity contribution in [3.8, 4) is 34.2 Å². The van der Waals surface area contributed by atoms with Gasteiger partial charge in [0.25, 0.3) is 0 Å². The van der Waals surface area contributed by atoms with E-state index >= 15 is 0 Å². The van der Waals surface area contributed by atoms with Crippen molar-refractivity contribution in [2.45, 2.75) is 0 Å². The van der Waals surface area contributed by atoms with Gasteiger partial charge >= 0.3 is 0 Å². The van der Waals surface area contributed by atoms with Gasteiger partial charge in [0, 0.05) is 62.4 Å². The summed E-state index contributed by atoms with van der Waals surface area (Å²) in [5.74, 6) is 2.04. The van der Waals surface area contributed by atoms with Crippen molar-refractivity contribution in [2.24, 2.45) is 0 Å². The zero-order chi connectivity index (χ0) is 30.2. The summed E-state index contributed by atoms with van der Waals surface area (Å²) < 4.78 is 5.01. The first-order valence-electron chi connectivity index (χ1n) is 15.3. The fourth-order valence-corrected chi connectivity index (χ4v) is 9.28. The highest BCUT2D eigenvalue weighted by Gasteiger charge is 2.21. The zero-order valence-corrected chi connectivity index (χ0v) is 26.1. The highest BCUT2D eigenvalue weighted by Crippen LogP contribution is 2.46. The number of aromatic nitrogens is 3. The molecule has 0 amide bonds. The maximum Gasteiger partial charge on any atom is 0.164 e. The highest BCUT2D eigenvalue weighted by molar-refractivity contribution is 7.27. The molecule has 3 aromatic heterocycles. The van der Waals surface area contributed by atoms with Crippen molar-refractivity contribution in [3.63, 3.8) is 0 Å². The normalized spacial score (nSPS) is 11.9. The van der Waals surface area contributed by atoms with Gasteiger partial charge in [-0.25, -0.2) is 15.0 Å². The molecular formula is C41H23N3S2. The smallest absolute Gasteiger partial charge is 0.164 e. The molecule has 0 aliphatic heterocycles. The van der Waals surface area contributed by atoms with Crippen molar-refractivity contribution >= 4 is 84.6 Å². The van der Waals surface area contributed by atoms with E-state index < -0.39 is 0 Å². The number of nitrogens with zero attached hydrogens (tertiary/aromatic N) is 3. The van der Waals surface area contributed by atoms with E-state index in [-0.39, 0.29) is 0 Å². The molecule has 0 aliphatic carbocycles. The van der Waals surface area contributed by atoms with Crippen molar-refractivity contribution in [2.75, 3.05) is 0 Å². The molecular weight excluding hydrogens is 599 g/mol.